The number of benzene rings is 2. The maximum absolute atomic E-state index is 14.8. The van der Waals surface area contributed by atoms with Gasteiger partial charge in [0.05, 0.1) is 17.6 Å². The molecular weight excluding hydrogens is 601 g/mol. The van der Waals surface area contributed by atoms with Gasteiger partial charge in [0.25, 0.3) is 5.79 Å². The Bertz CT molecular complexity index is 1680. The van der Waals surface area contributed by atoms with Crippen LogP contribution in [-0.4, -0.2) is 42.2 Å². The van der Waals surface area contributed by atoms with E-state index in [0.717, 1.165) is 61.3 Å². The van der Waals surface area contributed by atoms with E-state index < -0.39 is 19.7 Å². The molecule has 4 aromatic rings. The molecule has 2 aromatic carbocycles. The van der Waals surface area contributed by atoms with Gasteiger partial charge in [-0.05, 0) is 54.8 Å². The molecule has 0 unspecified atom stereocenters. The molecule has 1 atom stereocenters. The van der Waals surface area contributed by atoms with Crippen LogP contribution in [0.15, 0.2) is 48.5 Å². The van der Waals surface area contributed by atoms with E-state index in [9.17, 15) is 4.39 Å². The van der Waals surface area contributed by atoms with E-state index in [-0.39, 0.29) is 0 Å². The van der Waals surface area contributed by atoms with Gasteiger partial charge in [-0.25, -0.2) is 9.37 Å². The topological polar surface area (TPSA) is 48.8 Å². The second-order valence-electron chi connectivity index (χ2n) is 12.7. The summed E-state index contributed by atoms with van der Waals surface area (Å²) in [6, 6.07) is 13.9. The van der Waals surface area contributed by atoms with Gasteiger partial charge in [0, 0.05) is 50.2 Å². The minimum absolute atomic E-state index is 0.314. The Balaban J connectivity index is 1.17. The number of aromatic nitrogens is 2. The van der Waals surface area contributed by atoms with Gasteiger partial charge in [0.15, 0.2) is 11.5 Å². The highest BCUT2D eigenvalue weighted by molar-refractivity contribution is 7.18. The molecule has 0 saturated heterocycles. The molecule has 6 rings (SSSR count). The zero-order valence-electron chi connectivity index (χ0n) is 25.5. The van der Waals surface area contributed by atoms with E-state index in [0.29, 0.717) is 28.8 Å². The summed E-state index contributed by atoms with van der Waals surface area (Å²) in [6.45, 7) is 14.8. The largest absolute Gasteiger partial charge is 0.444 e. The number of ether oxygens (including phenoxy) is 3. The molecule has 0 fully saturated rings. The van der Waals surface area contributed by atoms with Gasteiger partial charge >= 0.3 is 0 Å². The number of thiophene rings is 1. The van der Waals surface area contributed by atoms with Crippen molar-refractivity contribution in [3.8, 4) is 11.5 Å². The Hall–Kier alpha value is -2.69. The third-order valence-corrected chi connectivity index (χ3v) is 11.2. The lowest BCUT2D eigenvalue weighted by Crippen LogP contribution is -2.32. The number of hydrogen-bond acceptors (Lipinski definition) is 6. The number of imidazole rings is 1. The van der Waals surface area contributed by atoms with E-state index in [1.807, 2.05) is 12.1 Å². The number of aryl methyl sites for hydroxylation is 1. The summed E-state index contributed by atoms with van der Waals surface area (Å²) in [4.78, 5) is 9.91. The zero-order valence-corrected chi connectivity index (χ0v) is 28.1. The highest BCUT2D eigenvalue weighted by Crippen LogP contribution is 2.49. The normalized spacial score (nSPS) is 18.9. The molecule has 10 heteroatoms. The SMILES string of the molecule is CCc1cc2c(nc(CN3CC=C(c4cccc5c4O[C@@](C)(c4ccc(Cl)cc4F)O5)CC3)n2COCC[Si](C)(C)C)s1. The van der Waals surface area contributed by atoms with Crippen LogP contribution in [0, 0.1) is 5.82 Å². The fraction of sp³-hybridized carbons (Fsp3) is 0.424. The summed E-state index contributed by atoms with van der Waals surface area (Å²) in [5, 5.41) is 0.334. The fourth-order valence-corrected chi connectivity index (χ4v) is 7.53. The molecule has 0 bridgehead atoms. The van der Waals surface area contributed by atoms with Crippen LogP contribution in [0.1, 0.15) is 42.1 Å². The van der Waals surface area contributed by atoms with Crippen LogP contribution < -0.4 is 9.47 Å². The predicted octanol–water partition coefficient (Wildman–Crippen LogP) is 8.70. The van der Waals surface area contributed by atoms with Crippen molar-refractivity contribution < 1.29 is 18.6 Å². The average molecular weight is 640 g/mol. The fourth-order valence-electron chi connectivity index (χ4n) is 5.63. The Labute approximate surface area is 263 Å². The summed E-state index contributed by atoms with van der Waals surface area (Å²) in [5.74, 6) is 0.583. The van der Waals surface area contributed by atoms with Crippen molar-refractivity contribution in [3.05, 3.63) is 81.2 Å². The van der Waals surface area contributed by atoms with E-state index in [1.54, 1.807) is 30.4 Å². The molecule has 228 valence electrons. The van der Waals surface area contributed by atoms with Crippen LogP contribution in [0.5, 0.6) is 11.5 Å². The molecule has 0 saturated carbocycles. The Morgan fingerprint density at radius 3 is 2.72 bits per heavy atom. The van der Waals surface area contributed by atoms with Crippen molar-refractivity contribution in [2.45, 2.75) is 71.4 Å². The molecular formula is C33H39ClFN3O3SSi. The van der Waals surface area contributed by atoms with Crippen LogP contribution >= 0.6 is 22.9 Å². The smallest absolute Gasteiger partial charge is 0.278 e. The number of hydrogen-bond donors (Lipinski definition) is 0. The Kier molecular flexibility index (Phi) is 8.47. The second kappa shape index (κ2) is 12.0. The van der Waals surface area contributed by atoms with Crippen LogP contribution in [0.4, 0.5) is 4.39 Å². The molecule has 43 heavy (non-hydrogen) atoms. The zero-order chi connectivity index (χ0) is 30.4. The summed E-state index contributed by atoms with van der Waals surface area (Å²) in [5.41, 5.74) is 3.67. The number of halogens is 2. The highest BCUT2D eigenvalue weighted by atomic mass is 35.5. The second-order valence-corrected chi connectivity index (χ2v) is 19.9. The molecule has 2 aliphatic rings. The van der Waals surface area contributed by atoms with Crippen LogP contribution in [0.2, 0.25) is 30.7 Å². The first-order valence-corrected chi connectivity index (χ1v) is 19.9. The summed E-state index contributed by atoms with van der Waals surface area (Å²) >= 11 is 7.76. The van der Waals surface area contributed by atoms with Crippen molar-refractivity contribution in [2.75, 3.05) is 19.7 Å². The first-order valence-electron chi connectivity index (χ1n) is 15.0. The number of fused-ring (bicyclic) bond motifs is 2. The van der Waals surface area contributed by atoms with Crippen LogP contribution in [0.25, 0.3) is 15.9 Å². The molecule has 4 heterocycles. The van der Waals surface area contributed by atoms with Crippen molar-refractivity contribution >= 4 is 46.9 Å². The number of rotatable bonds is 10. The predicted molar refractivity (Wildman–Crippen MR) is 175 cm³/mol. The van der Waals surface area contributed by atoms with E-state index >= 15 is 0 Å². The molecule has 0 N–H and O–H groups in total. The van der Waals surface area contributed by atoms with Gasteiger partial charge < -0.3 is 18.8 Å². The Morgan fingerprint density at radius 2 is 2.00 bits per heavy atom. The van der Waals surface area contributed by atoms with Crippen LogP contribution in [-0.2, 0) is 30.2 Å². The molecule has 0 amide bonds. The maximum Gasteiger partial charge on any atom is 0.278 e. The van der Waals surface area contributed by atoms with E-state index in [2.05, 4.69) is 54.2 Å². The first-order chi connectivity index (χ1) is 20.5. The van der Waals surface area contributed by atoms with Gasteiger partial charge in [0.2, 0.25) is 0 Å². The number of para-hydroxylation sites is 1. The molecule has 0 radical (unpaired) electrons. The molecule has 2 aromatic heterocycles. The highest BCUT2D eigenvalue weighted by Gasteiger charge is 2.42. The lowest BCUT2D eigenvalue weighted by molar-refractivity contribution is -0.0708. The third-order valence-electron chi connectivity index (χ3n) is 8.15. The summed E-state index contributed by atoms with van der Waals surface area (Å²) in [7, 11) is -1.16. The quantitative estimate of drug-likeness (QED) is 0.128. The lowest BCUT2D eigenvalue weighted by atomic mass is 9.98. The first kappa shape index (κ1) is 30.3. The van der Waals surface area contributed by atoms with Gasteiger partial charge in [-0.15, -0.1) is 11.3 Å². The van der Waals surface area contributed by atoms with Gasteiger partial charge in [0.1, 0.15) is 23.2 Å². The number of nitrogens with zero attached hydrogens (tertiary/aromatic N) is 3. The molecule has 0 aliphatic carbocycles. The van der Waals surface area contributed by atoms with Crippen molar-refractivity contribution in [2.24, 2.45) is 0 Å². The Morgan fingerprint density at radius 1 is 1.16 bits per heavy atom. The van der Waals surface area contributed by atoms with Crippen molar-refractivity contribution in [1.82, 2.24) is 14.5 Å². The standard InChI is InChI=1S/C33H39ClFN3O3SSi/c1-6-24-19-28-32(42-24)36-30(38(28)21-39-16-17-43(3,4)5)20-37-14-12-22(13-15-37)25-8-7-9-29-31(25)41-33(2,40-29)26-11-10-23(34)18-27(26)35/h7-12,18-19H,6,13-17,20-21H2,1-5H3/t33-/m0/s1. The molecule has 0 spiro atoms. The molecule has 2 aliphatic heterocycles. The van der Waals surface area contributed by atoms with E-state index in [1.165, 1.54) is 22.0 Å². The minimum atomic E-state index is -1.27. The lowest BCUT2D eigenvalue weighted by Gasteiger charge is -2.27. The van der Waals surface area contributed by atoms with Crippen LogP contribution in [0.3, 0.4) is 0 Å². The summed E-state index contributed by atoms with van der Waals surface area (Å²) in [6.07, 6.45) is 4.13. The van der Waals surface area contributed by atoms with Gasteiger partial charge in [-0.1, -0.05) is 56.4 Å². The van der Waals surface area contributed by atoms with Crippen molar-refractivity contribution in [1.29, 1.82) is 0 Å². The average Bonchev–Trinajstić information content (AvgIpc) is 3.61. The minimum Gasteiger partial charge on any atom is -0.444 e. The van der Waals surface area contributed by atoms with Gasteiger partial charge in [-0.3, -0.25) is 4.90 Å². The summed E-state index contributed by atoms with van der Waals surface area (Å²) < 4.78 is 35.8. The monoisotopic (exact) mass is 639 g/mol. The van der Waals surface area contributed by atoms with Crippen molar-refractivity contribution in [3.63, 3.8) is 0 Å². The third kappa shape index (κ3) is 6.42. The van der Waals surface area contributed by atoms with E-state index in [4.69, 9.17) is 30.8 Å². The van der Waals surface area contributed by atoms with Gasteiger partial charge in [-0.2, -0.15) is 0 Å². The maximum atomic E-state index is 14.8. The molecule has 6 nitrogen and oxygen atoms in total.